The van der Waals surface area contributed by atoms with Gasteiger partial charge in [-0.15, -0.1) is 0 Å². The summed E-state index contributed by atoms with van der Waals surface area (Å²) in [4.78, 5) is 10.7. The summed E-state index contributed by atoms with van der Waals surface area (Å²) in [6.45, 7) is 20.0. The standard InChI is InChI=1S/C18H23F4N.C7H15NO.C2H6/c1-4-6-17(7-5-2)11-16(17)12(3)23-15-9-13(18(20,21)22)8-14(19)10-15;1-5-6(9)8-7(2,3)4;1-2/h8-10,16,23H,3-7,11H2,1-2H3;5H2,1-4H3,(H,8,9);1-2H3. The zero-order chi connectivity index (χ0) is 26.7. The molecule has 1 saturated carbocycles. The Balaban J connectivity index is 0.000000836. The van der Waals surface area contributed by atoms with Crippen LogP contribution >= 0.6 is 0 Å². The monoisotopic (exact) mass is 488 g/mol. The summed E-state index contributed by atoms with van der Waals surface area (Å²) >= 11 is 0. The maximum absolute atomic E-state index is 13.4. The molecule has 34 heavy (non-hydrogen) atoms. The first-order chi connectivity index (χ1) is 15.7. The second-order valence-electron chi connectivity index (χ2n) is 9.65. The minimum absolute atomic E-state index is 0.0763. The van der Waals surface area contributed by atoms with Crippen LogP contribution in [0.25, 0.3) is 0 Å². The van der Waals surface area contributed by atoms with E-state index in [9.17, 15) is 22.4 Å². The second kappa shape index (κ2) is 13.7. The van der Waals surface area contributed by atoms with Gasteiger partial charge in [-0.25, -0.2) is 4.39 Å². The lowest BCUT2D eigenvalue weighted by atomic mass is 9.91. The number of amides is 1. The lowest BCUT2D eigenvalue weighted by molar-refractivity contribution is -0.137. The molecule has 1 aromatic carbocycles. The number of carbonyl (C=O) groups excluding carboxylic acids is 1. The molecule has 2 N–H and O–H groups in total. The molecule has 7 heteroatoms. The van der Waals surface area contributed by atoms with Crippen molar-refractivity contribution < 1.29 is 22.4 Å². The SMILES string of the molecule is C=C(Nc1cc(F)cc(C(F)(F)F)c1)C1CC1(CCC)CCC.CC.CCC(=O)NC(C)(C)C. The minimum Gasteiger partial charge on any atom is -0.359 e. The molecule has 1 fully saturated rings. The number of carbonyl (C=O) groups is 1. The first-order valence-electron chi connectivity index (χ1n) is 12.3. The molecule has 0 bridgehead atoms. The Morgan fingerprint density at radius 3 is 1.97 bits per heavy atom. The van der Waals surface area contributed by atoms with Crippen LogP contribution < -0.4 is 10.6 Å². The third-order valence-electron chi connectivity index (χ3n) is 5.47. The molecule has 196 valence electrons. The molecule has 0 spiro atoms. The maximum Gasteiger partial charge on any atom is 0.416 e. The third-order valence-corrected chi connectivity index (χ3v) is 5.47. The fraction of sp³-hybridized carbons (Fsp3) is 0.667. The van der Waals surface area contributed by atoms with E-state index < -0.39 is 17.6 Å². The van der Waals surface area contributed by atoms with E-state index in [1.807, 2.05) is 41.5 Å². The van der Waals surface area contributed by atoms with Gasteiger partial charge >= 0.3 is 6.18 Å². The topological polar surface area (TPSA) is 41.1 Å². The van der Waals surface area contributed by atoms with Gasteiger partial charge in [0.2, 0.25) is 5.91 Å². The molecule has 0 aliphatic heterocycles. The molecule has 1 aliphatic carbocycles. The van der Waals surface area contributed by atoms with Crippen LogP contribution in [0.1, 0.15) is 99.5 Å². The van der Waals surface area contributed by atoms with Gasteiger partial charge in [0.25, 0.3) is 0 Å². The molecule has 1 aromatic rings. The Kier molecular flexibility index (Phi) is 12.9. The average molecular weight is 489 g/mol. The first kappa shape index (κ1) is 31.9. The lowest BCUT2D eigenvalue weighted by Gasteiger charge is -2.19. The number of anilines is 1. The van der Waals surface area contributed by atoms with E-state index >= 15 is 0 Å². The van der Waals surface area contributed by atoms with Gasteiger partial charge in [-0.3, -0.25) is 4.79 Å². The number of nitrogens with one attached hydrogen (secondary N) is 2. The van der Waals surface area contributed by atoms with E-state index in [0.29, 0.717) is 18.2 Å². The van der Waals surface area contributed by atoms with E-state index in [1.54, 1.807) is 0 Å². The van der Waals surface area contributed by atoms with Crippen LogP contribution in [0.2, 0.25) is 0 Å². The molecule has 2 rings (SSSR count). The fourth-order valence-corrected chi connectivity index (χ4v) is 4.12. The van der Waals surface area contributed by atoms with E-state index in [4.69, 9.17) is 0 Å². The van der Waals surface area contributed by atoms with E-state index in [0.717, 1.165) is 44.2 Å². The van der Waals surface area contributed by atoms with Crippen LogP contribution in [0.5, 0.6) is 0 Å². The molecule has 1 atom stereocenters. The summed E-state index contributed by atoms with van der Waals surface area (Å²) in [6.07, 6.45) is 1.32. The van der Waals surface area contributed by atoms with Crippen LogP contribution in [0, 0.1) is 17.2 Å². The highest BCUT2D eigenvalue weighted by atomic mass is 19.4. The summed E-state index contributed by atoms with van der Waals surface area (Å²) in [7, 11) is 0. The van der Waals surface area contributed by atoms with Crippen molar-refractivity contribution >= 4 is 11.6 Å². The molecule has 3 nitrogen and oxygen atoms in total. The van der Waals surface area contributed by atoms with Gasteiger partial charge in [0.15, 0.2) is 0 Å². The van der Waals surface area contributed by atoms with Crippen molar-refractivity contribution in [1.82, 2.24) is 5.32 Å². The van der Waals surface area contributed by atoms with Crippen LogP contribution in [-0.2, 0) is 11.0 Å². The highest BCUT2D eigenvalue weighted by molar-refractivity contribution is 5.76. The van der Waals surface area contributed by atoms with Gasteiger partial charge in [-0.05, 0) is 63.6 Å². The zero-order valence-corrected chi connectivity index (χ0v) is 22.2. The Bertz CT molecular complexity index is 776. The third kappa shape index (κ3) is 10.9. The summed E-state index contributed by atoms with van der Waals surface area (Å²) in [6, 6.07) is 2.51. The molecule has 1 amide bonds. The van der Waals surface area contributed by atoms with Crippen molar-refractivity contribution in [2.24, 2.45) is 11.3 Å². The molecule has 0 heterocycles. The van der Waals surface area contributed by atoms with Crippen molar-refractivity contribution in [3.8, 4) is 0 Å². The van der Waals surface area contributed by atoms with E-state index in [-0.39, 0.29) is 28.5 Å². The fourth-order valence-electron chi connectivity index (χ4n) is 4.12. The molecule has 0 radical (unpaired) electrons. The number of halogens is 4. The van der Waals surface area contributed by atoms with Gasteiger partial charge in [-0.2, -0.15) is 13.2 Å². The Labute approximate surface area is 203 Å². The minimum atomic E-state index is -4.56. The number of hydrogen-bond acceptors (Lipinski definition) is 2. The second-order valence-corrected chi connectivity index (χ2v) is 9.65. The van der Waals surface area contributed by atoms with Crippen LogP contribution in [0.15, 0.2) is 30.5 Å². The van der Waals surface area contributed by atoms with Crippen molar-refractivity contribution in [3.05, 3.63) is 41.9 Å². The summed E-state index contributed by atoms with van der Waals surface area (Å²) in [5.74, 6) is -0.540. The summed E-state index contributed by atoms with van der Waals surface area (Å²) in [5, 5.41) is 5.72. The van der Waals surface area contributed by atoms with Crippen molar-refractivity contribution in [2.75, 3.05) is 5.32 Å². The van der Waals surface area contributed by atoms with Gasteiger partial charge < -0.3 is 10.6 Å². The molecule has 1 unspecified atom stereocenters. The normalized spacial score (nSPS) is 16.3. The number of alkyl halides is 3. The smallest absolute Gasteiger partial charge is 0.359 e. The largest absolute Gasteiger partial charge is 0.416 e. The van der Waals surface area contributed by atoms with Gasteiger partial charge in [0, 0.05) is 29.3 Å². The summed E-state index contributed by atoms with van der Waals surface area (Å²) in [5.41, 5.74) is -0.0559. The Morgan fingerprint density at radius 2 is 1.59 bits per heavy atom. The Hall–Kier alpha value is -2.05. The molecule has 1 aliphatic rings. The van der Waals surface area contributed by atoms with Crippen molar-refractivity contribution in [2.45, 2.75) is 106 Å². The van der Waals surface area contributed by atoms with Gasteiger partial charge in [0.05, 0.1) is 5.56 Å². The number of benzene rings is 1. The lowest BCUT2D eigenvalue weighted by Crippen LogP contribution is -2.40. The van der Waals surface area contributed by atoms with Gasteiger partial charge in [0.1, 0.15) is 5.82 Å². The molecular formula is C27H44F4N2O. The quantitative estimate of drug-likeness (QED) is 0.359. The van der Waals surface area contributed by atoms with Crippen molar-refractivity contribution in [1.29, 1.82) is 0 Å². The average Bonchev–Trinajstić information content (AvgIpc) is 3.42. The molecular weight excluding hydrogens is 444 g/mol. The van der Waals surface area contributed by atoms with Crippen LogP contribution in [-0.4, -0.2) is 11.4 Å². The number of rotatable bonds is 8. The van der Waals surface area contributed by atoms with E-state index in [2.05, 4.69) is 31.1 Å². The van der Waals surface area contributed by atoms with Gasteiger partial charge in [-0.1, -0.05) is 54.0 Å². The highest BCUT2D eigenvalue weighted by Crippen LogP contribution is 2.61. The summed E-state index contributed by atoms with van der Waals surface area (Å²) < 4.78 is 51.7. The van der Waals surface area contributed by atoms with E-state index in [1.165, 1.54) is 0 Å². The number of hydrogen-bond donors (Lipinski definition) is 2. The predicted molar refractivity (Wildman–Crippen MR) is 134 cm³/mol. The maximum atomic E-state index is 13.4. The number of allylic oxidation sites excluding steroid dienone is 1. The Morgan fingerprint density at radius 1 is 1.06 bits per heavy atom. The van der Waals surface area contributed by atoms with Crippen molar-refractivity contribution in [3.63, 3.8) is 0 Å². The van der Waals surface area contributed by atoms with Crippen LogP contribution in [0.4, 0.5) is 23.2 Å². The molecule has 0 saturated heterocycles. The zero-order valence-electron chi connectivity index (χ0n) is 22.2. The van der Waals surface area contributed by atoms with Crippen LogP contribution in [0.3, 0.4) is 0 Å². The highest BCUT2D eigenvalue weighted by Gasteiger charge is 2.53. The molecule has 0 aromatic heterocycles. The predicted octanol–water partition coefficient (Wildman–Crippen LogP) is 8.71. The first-order valence-corrected chi connectivity index (χ1v) is 12.3.